The molecule has 0 unspecified atom stereocenters. The highest BCUT2D eigenvalue weighted by Crippen LogP contribution is 2.22. The molecule has 5 nitrogen and oxygen atoms in total. The topological polar surface area (TPSA) is 61.4 Å². The Labute approximate surface area is 150 Å². The zero-order chi connectivity index (χ0) is 19.4. The molecule has 1 fully saturated rings. The number of nitrogens with one attached hydrogen (secondary N) is 2. The van der Waals surface area contributed by atoms with E-state index in [1.165, 1.54) is 0 Å². The van der Waals surface area contributed by atoms with Crippen LogP contribution in [0.4, 0.5) is 18.9 Å². The molecule has 144 valence electrons. The Morgan fingerprint density at radius 1 is 1.15 bits per heavy atom. The molecule has 2 amide bonds. The fourth-order valence-corrected chi connectivity index (χ4v) is 3.33. The average molecular weight is 371 g/mol. The second-order valence-electron chi connectivity index (χ2n) is 7.06. The van der Waals surface area contributed by atoms with Crippen molar-refractivity contribution in [2.24, 2.45) is 11.8 Å². The van der Waals surface area contributed by atoms with Crippen LogP contribution >= 0.6 is 0 Å². The molecule has 1 aliphatic heterocycles. The Balaban J connectivity index is 1.87. The number of rotatable bonds is 5. The van der Waals surface area contributed by atoms with Gasteiger partial charge in [0, 0.05) is 13.1 Å². The van der Waals surface area contributed by atoms with Crippen LogP contribution in [0, 0.1) is 29.3 Å². The molecule has 1 heterocycles. The third kappa shape index (κ3) is 4.97. The standard InChI is InChI=1S/C18H24F3N3O2/c1-10-6-11(2)9-24(8-10)12(3)18(26)22-7-15(25)23-14-5-4-13(19)16(20)17(14)21/h4-5,10-12H,6-9H2,1-3H3,(H,22,26)(H,23,25)/t10-,11-,12-/m1/s1. The van der Waals surface area contributed by atoms with Crippen LogP contribution in [0.2, 0.25) is 0 Å². The summed E-state index contributed by atoms with van der Waals surface area (Å²) in [4.78, 5) is 26.2. The van der Waals surface area contributed by atoms with Crippen LogP contribution in [0.5, 0.6) is 0 Å². The predicted octanol–water partition coefficient (Wildman–Crippen LogP) is 2.53. The van der Waals surface area contributed by atoms with Gasteiger partial charge < -0.3 is 10.6 Å². The zero-order valence-electron chi connectivity index (χ0n) is 15.1. The van der Waals surface area contributed by atoms with Gasteiger partial charge >= 0.3 is 0 Å². The molecule has 0 saturated carbocycles. The lowest BCUT2D eigenvalue weighted by Crippen LogP contribution is -2.51. The fraction of sp³-hybridized carbons (Fsp3) is 0.556. The van der Waals surface area contributed by atoms with Crippen molar-refractivity contribution in [3.8, 4) is 0 Å². The Hall–Kier alpha value is -2.09. The van der Waals surface area contributed by atoms with Gasteiger partial charge in [0.1, 0.15) is 0 Å². The van der Waals surface area contributed by atoms with E-state index in [1.807, 2.05) is 0 Å². The first-order valence-electron chi connectivity index (χ1n) is 8.64. The minimum atomic E-state index is -1.66. The summed E-state index contributed by atoms with van der Waals surface area (Å²) in [6, 6.07) is 1.24. The van der Waals surface area contributed by atoms with Crippen LogP contribution in [0.1, 0.15) is 27.2 Å². The summed E-state index contributed by atoms with van der Waals surface area (Å²) in [5.74, 6) is -4.53. The van der Waals surface area contributed by atoms with Crippen molar-refractivity contribution in [1.29, 1.82) is 0 Å². The molecule has 2 N–H and O–H groups in total. The first-order chi connectivity index (χ1) is 12.2. The summed E-state index contributed by atoms with van der Waals surface area (Å²) in [5.41, 5.74) is -0.477. The van der Waals surface area contributed by atoms with Gasteiger partial charge in [0.25, 0.3) is 0 Å². The molecular formula is C18H24F3N3O2. The molecule has 0 aromatic heterocycles. The maximum Gasteiger partial charge on any atom is 0.243 e. The lowest BCUT2D eigenvalue weighted by molar-refractivity contribution is -0.128. The van der Waals surface area contributed by atoms with Crippen LogP contribution < -0.4 is 10.6 Å². The maximum atomic E-state index is 13.5. The lowest BCUT2D eigenvalue weighted by atomic mass is 9.91. The molecule has 8 heteroatoms. The van der Waals surface area contributed by atoms with Crippen molar-refractivity contribution >= 4 is 17.5 Å². The highest BCUT2D eigenvalue weighted by molar-refractivity contribution is 5.95. The van der Waals surface area contributed by atoms with Gasteiger partial charge in [-0.2, -0.15) is 0 Å². The number of benzene rings is 1. The quantitative estimate of drug-likeness (QED) is 0.782. The second-order valence-corrected chi connectivity index (χ2v) is 7.06. The van der Waals surface area contributed by atoms with E-state index in [2.05, 4.69) is 29.4 Å². The number of hydrogen-bond donors (Lipinski definition) is 2. The smallest absolute Gasteiger partial charge is 0.243 e. The molecule has 0 bridgehead atoms. The van der Waals surface area contributed by atoms with Gasteiger partial charge in [0.15, 0.2) is 17.5 Å². The molecule has 1 aromatic carbocycles. The van der Waals surface area contributed by atoms with E-state index in [4.69, 9.17) is 0 Å². The molecule has 3 atom stereocenters. The van der Waals surface area contributed by atoms with Crippen LogP contribution in [0.15, 0.2) is 12.1 Å². The van der Waals surface area contributed by atoms with Crippen LogP contribution in [0.3, 0.4) is 0 Å². The summed E-state index contributed by atoms with van der Waals surface area (Å²) in [5, 5.41) is 4.61. The second kappa shape index (κ2) is 8.53. The van der Waals surface area contributed by atoms with E-state index in [0.29, 0.717) is 17.9 Å². The molecular weight excluding hydrogens is 347 g/mol. The van der Waals surface area contributed by atoms with E-state index in [-0.39, 0.29) is 12.5 Å². The van der Waals surface area contributed by atoms with Crippen molar-refractivity contribution in [2.75, 3.05) is 25.0 Å². The third-order valence-corrected chi connectivity index (χ3v) is 4.56. The van der Waals surface area contributed by atoms with Crippen LogP contribution in [0.25, 0.3) is 0 Å². The molecule has 1 saturated heterocycles. The monoisotopic (exact) mass is 371 g/mol. The van der Waals surface area contributed by atoms with E-state index < -0.39 is 35.1 Å². The minimum absolute atomic E-state index is 0.313. The Morgan fingerprint density at radius 2 is 1.77 bits per heavy atom. The number of nitrogens with zero attached hydrogens (tertiary/aromatic N) is 1. The molecule has 1 aliphatic rings. The molecule has 0 aliphatic carbocycles. The van der Waals surface area contributed by atoms with Crippen molar-refractivity contribution in [2.45, 2.75) is 33.2 Å². The van der Waals surface area contributed by atoms with E-state index in [9.17, 15) is 22.8 Å². The summed E-state index contributed by atoms with van der Waals surface area (Å²) in [6.45, 7) is 7.28. The number of carbonyl (C=O) groups excluding carboxylic acids is 2. The van der Waals surface area contributed by atoms with Gasteiger partial charge in [-0.25, -0.2) is 13.2 Å². The summed E-state index contributed by atoms with van der Waals surface area (Å²) in [6.07, 6.45) is 1.12. The van der Waals surface area contributed by atoms with E-state index in [0.717, 1.165) is 25.6 Å². The van der Waals surface area contributed by atoms with Gasteiger partial charge in [-0.05, 0) is 37.3 Å². The molecule has 1 aromatic rings. The Morgan fingerprint density at radius 3 is 2.38 bits per heavy atom. The maximum absolute atomic E-state index is 13.5. The third-order valence-electron chi connectivity index (χ3n) is 4.56. The first kappa shape index (κ1) is 20.2. The highest BCUT2D eigenvalue weighted by Gasteiger charge is 2.28. The van der Waals surface area contributed by atoms with E-state index >= 15 is 0 Å². The molecule has 0 spiro atoms. The van der Waals surface area contributed by atoms with Gasteiger partial charge in [-0.1, -0.05) is 13.8 Å². The number of carbonyl (C=O) groups is 2. The number of halogens is 3. The molecule has 26 heavy (non-hydrogen) atoms. The Bertz CT molecular complexity index is 674. The predicted molar refractivity (Wildman–Crippen MR) is 91.9 cm³/mol. The van der Waals surface area contributed by atoms with Crippen molar-refractivity contribution in [1.82, 2.24) is 10.2 Å². The fourth-order valence-electron chi connectivity index (χ4n) is 3.33. The molecule has 2 rings (SSSR count). The number of likely N-dealkylation sites (tertiary alicyclic amines) is 1. The van der Waals surface area contributed by atoms with Crippen LogP contribution in [-0.4, -0.2) is 42.4 Å². The van der Waals surface area contributed by atoms with Gasteiger partial charge in [-0.15, -0.1) is 0 Å². The SMILES string of the molecule is C[C@@H]1C[C@@H](C)CN([C@H](C)C(=O)NCC(=O)Nc2ccc(F)c(F)c2F)C1. The minimum Gasteiger partial charge on any atom is -0.346 e. The lowest BCUT2D eigenvalue weighted by Gasteiger charge is -2.38. The van der Waals surface area contributed by atoms with Gasteiger partial charge in [0.2, 0.25) is 11.8 Å². The molecule has 0 radical (unpaired) electrons. The summed E-state index contributed by atoms with van der Waals surface area (Å²) < 4.78 is 39.6. The van der Waals surface area contributed by atoms with Gasteiger partial charge in [0.05, 0.1) is 18.3 Å². The Kier molecular flexibility index (Phi) is 6.63. The normalized spacial score (nSPS) is 21.9. The first-order valence-corrected chi connectivity index (χ1v) is 8.64. The van der Waals surface area contributed by atoms with Crippen molar-refractivity contribution < 1.29 is 22.8 Å². The number of piperidine rings is 1. The number of amides is 2. The number of hydrogen-bond acceptors (Lipinski definition) is 3. The zero-order valence-corrected chi connectivity index (χ0v) is 15.1. The summed E-state index contributed by atoms with van der Waals surface area (Å²) >= 11 is 0. The number of anilines is 1. The van der Waals surface area contributed by atoms with Crippen LogP contribution in [-0.2, 0) is 9.59 Å². The van der Waals surface area contributed by atoms with Crippen molar-refractivity contribution in [3.63, 3.8) is 0 Å². The van der Waals surface area contributed by atoms with Crippen molar-refractivity contribution in [3.05, 3.63) is 29.6 Å². The van der Waals surface area contributed by atoms with Gasteiger partial charge in [-0.3, -0.25) is 14.5 Å². The van der Waals surface area contributed by atoms with E-state index in [1.54, 1.807) is 6.92 Å². The average Bonchev–Trinajstić information content (AvgIpc) is 2.58. The summed E-state index contributed by atoms with van der Waals surface area (Å²) in [7, 11) is 0. The largest absolute Gasteiger partial charge is 0.346 e. The highest BCUT2D eigenvalue weighted by atomic mass is 19.2.